The van der Waals surface area contributed by atoms with Crippen LogP contribution in [0.4, 0.5) is 5.13 Å². The summed E-state index contributed by atoms with van der Waals surface area (Å²) in [7, 11) is -2.36. The molecule has 296 valence electrons. The van der Waals surface area contributed by atoms with Crippen LogP contribution in [0.1, 0.15) is 52.0 Å². The van der Waals surface area contributed by atoms with Gasteiger partial charge >= 0.3 is 0 Å². The highest BCUT2D eigenvalue weighted by Gasteiger charge is 2.62. The number of methoxy groups -OCH3 is 1. The molecule has 3 fully saturated rings. The van der Waals surface area contributed by atoms with E-state index in [2.05, 4.69) is 26.9 Å². The zero-order valence-electron chi connectivity index (χ0n) is 31.8. The zero-order valence-corrected chi connectivity index (χ0v) is 34.2. The number of rotatable bonds is 13. The van der Waals surface area contributed by atoms with Crippen molar-refractivity contribution in [2.24, 2.45) is 11.3 Å². The Hall–Kier alpha value is -4.73. The van der Waals surface area contributed by atoms with Gasteiger partial charge in [0.1, 0.15) is 29.5 Å². The molecule has 0 bridgehead atoms. The van der Waals surface area contributed by atoms with Crippen LogP contribution in [0.15, 0.2) is 66.7 Å². The lowest BCUT2D eigenvalue weighted by atomic mass is 9.85. The van der Waals surface area contributed by atoms with Gasteiger partial charge in [0.15, 0.2) is 5.13 Å². The Balaban J connectivity index is 1.19. The first kappa shape index (κ1) is 39.5. The van der Waals surface area contributed by atoms with Crippen LogP contribution in [-0.4, -0.2) is 83.6 Å². The predicted octanol–water partition coefficient (Wildman–Crippen LogP) is 5.87. The zero-order chi connectivity index (χ0) is 40.2. The van der Waals surface area contributed by atoms with E-state index in [0.29, 0.717) is 39.5 Å². The summed E-state index contributed by atoms with van der Waals surface area (Å²) in [6.07, 6.45) is 3.50. The van der Waals surface area contributed by atoms with Crippen molar-refractivity contribution < 1.29 is 32.3 Å². The molecule has 2 aromatic carbocycles. The van der Waals surface area contributed by atoms with Gasteiger partial charge in [-0.05, 0) is 49.8 Å². The molecule has 7 rings (SSSR count). The number of nitrogens with zero attached hydrogens (tertiary/aromatic N) is 3. The van der Waals surface area contributed by atoms with Crippen LogP contribution in [0.5, 0.6) is 11.6 Å². The smallest absolute Gasteiger partial charge is 0.259 e. The number of hydrogen-bond donors (Lipinski definition) is 3. The third-order valence-corrected chi connectivity index (χ3v) is 13.4. The van der Waals surface area contributed by atoms with Crippen LogP contribution in [0, 0.1) is 18.3 Å². The first-order chi connectivity index (χ1) is 26.5. The molecule has 1 aliphatic heterocycles. The number of benzene rings is 2. The molecule has 3 N–H and O–H groups in total. The molecule has 3 amide bonds. The van der Waals surface area contributed by atoms with E-state index in [1.807, 2.05) is 57.3 Å². The number of thiazole rings is 1. The van der Waals surface area contributed by atoms with Crippen LogP contribution in [0.2, 0.25) is 5.02 Å². The Morgan fingerprint density at radius 3 is 2.50 bits per heavy atom. The van der Waals surface area contributed by atoms with E-state index in [1.54, 1.807) is 18.2 Å². The molecule has 0 unspecified atom stereocenters. The van der Waals surface area contributed by atoms with Crippen molar-refractivity contribution in [1.82, 2.24) is 24.9 Å². The molecule has 16 heteroatoms. The summed E-state index contributed by atoms with van der Waals surface area (Å²) in [4.78, 5) is 53.6. The number of fused-ring (bicyclic) bond motifs is 1. The fourth-order valence-corrected chi connectivity index (χ4v) is 9.39. The van der Waals surface area contributed by atoms with Crippen molar-refractivity contribution >= 4 is 66.6 Å². The molecule has 5 atom stereocenters. The molecule has 0 spiro atoms. The molecular formula is C40H45ClN6O7S2. The van der Waals surface area contributed by atoms with E-state index in [4.69, 9.17) is 26.1 Å². The minimum absolute atomic E-state index is 0.00752. The van der Waals surface area contributed by atoms with Crippen molar-refractivity contribution in [2.45, 2.75) is 82.4 Å². The molecule has 2 aliphatic carbocycles. The van der Waals surface area contributed by atoms with Gasteiger partial charge in [-0.15, -0.1) is 17.9 Å². The monoisotopic (exact) mass is 820 g/mol. The lowest BCUT2D eigenvalue weighted by molar-refractivity contribution is -0.141. The topological polar surface area (TPSA) is 169 Å². The molecule has 56 heavy (non-hydrogen) atoms. The molecule has 2 aromatic heterocycles. The number of pyridine rings is 1. The molecule has 2 saturated carbocycles. The Labute approximate surface area is 335 Å². The number of hydrogen-bond acceptors (Lipinski definition) is 11. The van der Waals surface area contributed by atoms with E-state index >= 15 is 0 Å². The van der Waals surface area contributed by atoms with Gasteiger partial charge in [-0.1, -0.05) is 68.3 Å². The lowest BCUT2D eigenvalue weighted by Gasteiger charge is -2.35. The molecule has 1 saturated heterocycles. The maximum Gasteiger partial charge on any atom is 0.259 e. The summed E-state index contributed by atoms with van der Waals surface area (Å²) >= 11 is 7.75. The number of sulfonamides is 1. The second-order valence-electron chi connectivity index (χ2n) is 15.8. The Kier molecular flexibility index (Phi) is 10.6. The predicted molar refractivity (Wildman–Crippen MR) is 216 cm³/mol. The minimum Gasteiger partial charge on any atom is -0.494 e. The second-order valence-corrected chi connectivity index (χ2v) is 19.1. The second kappa shape index (κ2) is 15.0. The minimum atomic E-state index is -3.89. The highest BCUT2D eigenvalue weighted by atomic mass is 35.5. The van der Waals surface area contributed by atoms with Gasteiger partial charge in [-0.2, -0.15) is 0 Å². The van der Waals surface area contributed by atoms with Crippen molar-refractivity contribution in [3.63, 3.8) is 0 Å². The quantitative estimate of drug-likeness (QED) is 0.139. The van der Waals surface area contributed by atoms with Crippen LogP contribution in [0.3, 0.4) is 0 Å². The maximum atomic E-state index is 14.8. The Morgan fingerprint density at radius 2 is 1.86 bits per heavy atom. The summed E-state index contributed by atoms with van der Waals surface area (Å²) in [6, 6.07) is 11.3. The molecule has 4 aromatic rings. The van der Waals surface area contributed by atoms with Crippen molar-refractivity contribution in [3.05, 3.63) is 77.3 Å². The van der Waals surface area contributed by atoms with Gasteiger partial charge in [0.2, 0.25) is 27.7 Å². The number of nitrogens with one attached hydrogen (secondary N) is 3. The lowest BCUT2D eigenvalue weighted by Crippen LogP contribution is -2.58. The maximum absolute atomic E-state index is 14.8. The average Bonchev–Trinajstić information content (AvgIpc) is 4.04. The number of aryl methyl sites for hydroxylation is 1. The first-order valence-corrected chi connectivity index (χ1v) is 21.2. The van der Waals surface area contributed by atoms with Crippen LogP contribution >= 0.6 is 22.9 Å². The number of likely N-dealkylation sites (tertiary alicyclic amines) is 1. The molecule has 0 radical (unpaired) electrons. The fraction of sp³-hybridized carbons (Fsp3) is 0.425. The van der Waals surface area contributed by atoms with Gasteiger partial charge in [0.05, 0.1) is 30.8 Å². The molecule has 3 aliphatic rings. The van der Waals surface area contributed by atoms with Gasteiger partial charge in [0, 0.05) is 39.1 Å². The number of carbonyl (C=O) groups excluding carboxylic acids is 3. The molecule has 3 heterocycles. The number of aromatic nitrogens is 2. The third kappa shape index (κ3) is 7.94. The average molecular weight is 821 g/mol. The van der Waals surface area contributed by atoms with Crippen molar-refractivity contribution in [1.29, 1.82) is 0 Å². The number of halogens is 1. The van der Waals surface area contributed by atoms with Crippen LogP contribution in [0.25, 0.3) is 22.0 Å². The van der Waals surface area contributed by atoms with Gasteiger partial charge < -0.3 is 25.0 Å². The van der Waals surface area contributed by atoms with E-state index in [0.717, 1.165) is 16.8 Å². The van der Waals surface area contributed by atoms with Crippen LogP contribution < -0.4 is 24.8 Å². The summed E-state index contributed by atoms with van der Waals surface area (Å²) < 4.78 is 39.7. The summed E-state index contributed by atoms with van der Waals surface area (Å²) in [6.45, 7) is 11.6. The van der Waals surface area contributed by atoms with Gasteiger partial charge in [0.25, 0.3) is 5.91 Å². The summed E-state index contributed by atoms with van der Waals surface area (Å²) in [5.74, 6) is -1.56. The van der Waals surface area contributed by atoms with Crippen molar-refractivity contribution in [3.8, 4) is 22.9 Å². The SMILES string of the molecule is C=C[C@@H]1C[C@]1(NC(=O)[C@@H]1C[C@@H](Oc2ncc(OC)c3ccc(Cl)cc23)CN1C(=O)[C@@H](Nc1nc(-c2ccc(C)cc2)cs1)C(C)(C)C)C(=O)NS(=O)(=O)C1CC1. The van der Waals surface area contributed by atoms with Crippen molar-refractivity contribution in [2.75, 3.05) is 19.0 Å². The van der Waals surface area contributed by atoms with Gasteiger partial charge in [-0.3, -0.25) is 19.1 Å². The fourth-order valence-electron chi connectivity index (χ4n) is 7.11. The van der Waals surface area contributed by atoms with Crippen LogP contribution in [-0.2, 0) is 24.4 Å². The number of ether oxygens (including phenoxy) is 2. The molecule has 13 nitrogen and oxygen atoms in total. The summed E-state index contributed by atoms with van der Waals surface area (Å²) in [5, 5.41) is 9.79. The highest BCUT2D eigenvalue weighted by molar-refractivity contribution is 7.91. The number of anilines is 1. The normalized spacial score (nSPS) is 22.6. The van der Waals surface area contributed by atoms with E-state index in [-0.39, 0.29) is 31.2 Å². The van der Waals surface area contributed by atoms with E-state index < -0.39 is 62.1 Å². The van der Waals surface area contributed by atoms with E-state index in [9.17, 15) is 22.8 Å². The number of amides is 3. The largest absolute Gasteiger partial charge is 0.494 e. The van der Waals surface area contributed by atoms with Gasteiger partial charge in [-0.25, -0.2) is 18.4 Å². The van der Waals surface area contributed by atoms with E-state index in [1.165, 1.54) is 35.6 Å². The third-order valence-electron chi connectivity index (χ3n) is 10.6. The summed E-state index contributed by atoms with van der Waals surface area (Å²) in [5.41, 5.74) is 0.644. The highest BCUT2D eigenvalue weighted by Crippen LogP contribution is 2.46. The number of carbonyl (C=O) groups is 3. The molecular weight excluding hydrogens is 776 g/mol. The first-order valence-electron chi connectivity index (χ1n) is 18.4. The Bertz CT molecular complexity index is 2310. The standard InChI is InChI=1S/C40H45ClN6O7S2/c1-7-24-18-40(24,37(50)46-56(51,52)27-13-14-27)45-34(48)31-17-26(54-35-29-16-25(41)12-15-28(29)32(53-6)19-42-35)20-47(31)36(49)33(39(3,4)5)44-38-43-30(21-55-38)23-10-8-22(2)9-11-23/h7-12,15-16,19,21,24,26-27,31,33H,1,13-14,17-18,20H2,2-6H3,(H,43,44)(H,45,48)(H,46,50)/t24-,26-,31+,33-,40-/m1/s1. The Morgan fingerprint density at radius 1 is 1.12 bits per heavy atom.